The highest BCUT2D eigenvalue weighted by Gasteiger charge is 2.31. The van der Waals surface area contributed by atoms with E-state index >= 15 is 0 Å². The van der Waals surface area contributed by atoms with Gasteiger partial charge in [0.2, 0.25) is 11.9 Å². The lowest BCUT2D eigenvalue weighted by Crippen LogP contribution is -2.32. The van der Waals surface area contributed by atoms with Crippen LogP contribution in [-0.2, 0) is 0 Å². The highest BCUT2D eigenvalue weighted by atomic mass is 15.4. The van der Waals surface area contributed by atoms with Gasteiger partial charge in [-0.25, -0.2) is 4.68 Å². The van der Waals surface area contributed by atoms with Gasteiger partial charge in [-0.2, -0.15) is 20.1 Å². The molecule has 20 heavy (non-hydrogen) atoms. The molecule has 0 amide bonds. The molecule has 2 heterocycles. The van der Waals surface area contributed by atoms with Crippen molar-refractivity contribution in [3.05, 3.63) is 18.5 Å². The van der Waals surface area contributed by atoms with Crippen LogP contribution in [0.4, 0.5) is 11.9 Å². The molecule has 1 fully saturated rings. The van der Waals surface area contributed by atoms with E-state index in [1.54, 1.807) is 17.9 Å². The summed E-state index contributed by atoms with van der Waals surface area (Å²) in [6, 6.07) is 2.28. The Bertz CT molecular complexity index is 576. The lowest BCUT2D eigenvalue weighted by atomic mass is 10.2. The van der Waals surface area contributed by atoms with Gasteiger partial charge in [-0.05, 0) is 31.7 Å². The van der Waals surface area contributed by atoms with Crippen molar-refractivity contribution in [1.82, 2.24) is 24.7 Å². The minimum absolute atomic E-state index is 0.438. The van der Waals surface area contributed by atoms with Crippen LogP contribution in [-0.4, -0.2) is 44.9 Å². The van der Waals surface area contributed by atoms with Crippen LogP contribution in [0, 0.1) is 5.92 Å². The number of nitrogens with zero attached hydrogens (tertiary/aromatic N) is 6. The zero-order valence-electron chi connectivity index (χ0n) is 12.0. The average molecular weight is 273 g/mol. The maximum absolute atomic E-state index is 4.52. The van der Waals surface area contributed by atoms with E-state index in [1.807, 2.05) is 19.3 Å². The molecule has 3 rings (SSSR count). The molecular formula is C13H19N7. The van der Waals surface area contributed by atoms with E-state index in [0.29, 0.717) is 23.9 Å². The van der Waals surface area contributed by atoms with Gasteiger partial charge < -0.3 is 10.2 Å². The number of hydrogen-bond acceptors (Lipinski definition) is 6. The van der Waals surface area contributed by atoms with Crippen LogP contribution in [0.1, 0.15) is 19.8 Å². The molecule has 7 heteroatoms. The molecule has 0 radical (unpaired) electrons. The Kier molecular flexibility index (Phi) is 3.25. The molecule has 1 aliphatic rings. The molecule has 0 bridgehead atoms. The molecule has 0 aromatic carbocycles. The molecule has 2 aromatic rings. The third-order valence-electron chi connectivity index (χ3n) is 3.78. The van der Waals surface area contributed by atoms with Crippen molar-refractivity contribution < 1.29 is 0 Å². The lowest BCUT2D eigenvalue weighted by molar-refractivity contribution is 0.595. The van der Waals surface area contributed by atoms with Crippen molar-refractivity contribution in [2.24, 2.45) is 5.92 Å². The second-order valence-corrected chi connectivity index (χ2v) is 5.15. The van der Waals surface area contributed by atoms with Gasteiger partial charge in [0.15, 0.2) is 0 Å². The first-order valence-corrected chi connectivity index (χ1v) is 6.85. The van der Waals surface area contributed by atoms with Gasteiger partial charge in [0.05, 0.1) is 0 Å². The molecule has 2 aromatic heterocycles. The zero-order chi connectivity index (χ0) is 14.1. The minimum Gasteiger partial charge on any atom is -0.357 e. The van der Waals surface area contributed by atoms with Crippen LogP contribution in [0.5, 0.6) is 0 Å². The summed E-state index contributed by atoms with van der Waals surface area (Å²) in [7, 11) is 3.83. The van der Waals surface area contributed by atoms with Crippen LogP contribution in [0.3, 0.4) is 0 Å². The average Bonchev–Trinajstić information content (AvgIpc) is 3.19. The molecule has 1 aliphatic carbocycles. The second kappa shape index (κ2) is 5.07. The van der Waals surface area contributed by atoms with Gasteiger partial charge in [-0.1, -0.05) is 0 Å². The van der Waals surface area contributed by atoms with E-state index in [9.17, 15) is 0 Å². The fourth-order valence-electron chi connectivity index (χ4n) is 2.19. The summed E-state index contributed by atoms with van der Waals surface area (Å²) in [5.41, 5.74) is 0. The van der Waals surface area contributed by atoms with Gasteiger partial charge in [-0.15, -0.1) is 0 Å². The fourth-order valence-corrected chi connectivity index (χ4v) is 2.19. The van der Waals surface area contributed by atoms with Crippen LogP contribution < -0.4 is 10.2 Å². The maximum Gasteiger partial charge on any atom is 0.257 e. The van der Waals surface area contributed by atoms with Gasteiger partial charge >= 0.3 is 0 Å². The molecule has 7 nitrogen and oxygen atoms in total. The Morgan fingerprint density at radius 2 is 2.15 bits per heavy atom. The Balaban J connectivity index is 1.95. The standard InChI is InChI=1S/C13H19N7/c1-9(10-5-6-10)19(3)12-16-11(14-2)17-13(18-12)20-8-4-7-15-20/h4,7-10H,5-6H2,1-3H3,(H,14,16,17,18). The molecule has 1 saturated carbocycles. The van der Waals surface area contributed by atoms with Crippen LogP contribution >= 0.6 is 0 Å². The van der Waals surface area contributed by atoms with E-state index in [-0.39, 0.29) is 0 Å². The number of nitrogens with one attached hydrogen (secondary N) is 1. The Morgan fingerprint density at radius 3 is 2.75 bits per heavy atom. The summed E-state index contributed by atoms with van der Waals surface area (Å²) in [4.78, 5) is 15.4. The first kappa shape index (κ1) is 12.8. The normalized spacial score (nSPS) is 15.9. The number of aromatic nitrogens is 5. The van der Waals surface area contributed by atoms with E-state index in [2.05, 4.69) is 37.2 Å². The maximum atomic E-state index is 4.52. The molecule has 0 spiro atoms. The van der Waals surface area contributed by atoms with Crippen molar-refractivity contribution in [3.63, 3.8) is 0 Å². The topological polar surface area (TPSA) is 71.8 Å². The second-order valence-electron chi connectivity index (χ2n) is 5.15. The largest absolute Gasteiger partial charge is 0.357 e. The molecule has 1 atom stereocenters. The minimum atomic E-state index is 0.438. The lowest BCUT2D eigenvalue weighted by Gasteiger charge is -2.25. The molecule has 1 N–H and O–H groups in total. The van der Waals surface area contributed by atoms with Crippen molar-refractivity contribution in [2.45, 2.75) is 25.8 Å². The molecule has 106 valence electrons. The molecule has 1 unspecified atom stereocenters. The molecule has 0 aliphatic heterocycles. The van der Waals surface area contributed by atoms with E-state index in [0.717, 1.165) is 5.92 Å². The first-order chi connectivity index (χ1) is 9.69. The number of anilines is 2. The van der Waals surface area contributed by atoms with Crippen LogP contribution in [0.25, 0.3) is 5.95 Å². The summed E-state index contributed by atoms with van der Waals surface area (Å²) >= 11 is 0. The Morgan fingerprint density at radius 1 is 1.35 bits per heavy atom. The van der Waals surface area contributed by atoms with Crippen molar-refractivity contribution in [1.29, 1.82) is 0 Å². The smallest absolute Gasteiger partial charge is 0.257 e. The first-order valence-electron chi connectivity index (χ1n) is 6.85. The van der Waals surface area contributed by atoms with Crippen LogP contribution in [0.15, 0.2) is 18.5 Å². The highest BCUT2D eigenvalue weighted by molar-refractivity contribution is 5.40. The van der Waals surface area contributed by atoms with Crippen LogP contribution in [0.2, 0.25) is 0 Å². The monoisotopic (exact) mass is 273 g/mol. The van der Waals surface area contributed by atoms with Gasteiger partial charge in [-0.3, -0.25) is 0 Å². The zero-order valence-corrected chi connectivity index (χ0v) is 12.0. The third kappa shape index (κ3) is 2.43. The highest BCUT2D eigenvalue weighted by Crippen LogP contribution is 2.35. The van der Waals surface area contributed by atoms with E-state index < -0.39 is 0 Å². The molecule has 0 saturated heterocycles. The summed E-state index contributed by atoms with van der Waals surface area (Å²) in [5.74, 6) is 2.51. The predicted molar refractivity (Wildman–Crippen MR) is 77.1 cm³/mol. The van der Waals surface area contributed by atoms with E-state index in [1.165, 1.54) is 12.8 Å². The van der Waals surface area contributed by atoms with Crippen molar-refractivity contribution in [2.75, 3.05) is 24.3 Å². The van der Waals surface area contributed by atoms with Gasteiger partial charge in [0.25, 0.3) is 5.95 Å². The summed E-state index contributed by atoms with van der Waals surface area (Å²) in [6.45, 7) is 2.22. The van der Waals surface area contributed by atoms with Gasteiger partial charge in [0, 0.05) is 32.5 Å². The van der Waals surface area contributed by atoms with Crippen molar-refractivity contribution in [3.8, 4) is 5.95 Å². The quantitative estimate of drug-likeness (QED) is 0.886. The summed E-state index contributed by atoms with van der Waals surface area (Å²) in [6.07, 6.45) is 6.12. The fraction of sp³-hybridized carbons (Fsp3) is 0.538. The third-order valence-corrected chi connectivity index (χ3v) is 3.78. The predicted octanol–water partition coefficient (Wildman–Crippen LogP) is 1.33. The summed E-state index contributed by atoms with van der Waals surface area (Å²) in [5, 5.41) is 7.15. The van der Waals surface area contributed by atoms with Gasteiger partial charge in [0.1, 0.15) is 0 Å². The Labute approximate surface area is 118 Å². The molecular weight excluding hydrogens is 254 g/mol. The summed E-state index contributed by atoms with van der Waals surface area (Å²) < 4.78 is 1.64. The van der Waals surface area contributed by atoms with Crippen molar-refractivity contribution >= 4 is 11.9 Å². The Hall–Kier alpha value is -2.18. The number of rotatable bonds is 5. The number of hydrogen-bond donors (Lipinski definition) is 1. The van der Waals surface area contributed by atoms with E-state index in [4.69, 9.17) is 0 Å². The SMILES string of the molecule is CNc1nc(N(C)C(C)C2CC2)nc(-n2cccn2)n1.